The zero-order valence-corrected chi connectivity index (χ0v) is 9.74. The summed E-state index contributed by atoms with van der Waals surface area (Å²) >= 11 is 0. The summed E-state index contributed by atoms with van der Waals surface area (Å²) in [5.41, 5.74) is 0.237. The normalized spacial score (nSPS) is 11.9. The van der Waals surface area contributed by atoms with Crippen LogP contribution in [-0.2, 0) is 16.1 Å². The van der Waals surface area contributed by atoms with Crippen LogP contribution in [0.2, 0.25) is 0 Å². The summed E-state index contributed by atoms with van der Waals surface area (Å²) in [5.74, 6) is -4.53. The molecule has 0 spiro atoms. The SMILES string of the molecule is CCC(C(=O)O)C(=O)NCc1cc(F)cc(F)c1. The number of carbonyl (C=O) groups excluding carboxylic acids is 1. The van der Waals surface area contributed by atoms with Crippen molar-refractivity contribution in [1.29, 1.82) is 0 Å². The highest BCUT2D eigenvalue weighted by molar-refractivity contribution is 5.96. The summed E-state index contributed by atoms with van der Waals surface area (Å²) in [7, 11) is 0. The van der Waals surface area contributed by atoms with E-state index < -0.39 is 29.4 Å². The van der Waals surface area contributed by atoms with E-state index in [1.54, 1.807) is 6.92 Å². The first-order valence-corrected chi connectivity index (χ1v) is 5.39. The van der Waals surface area contributed by atoms with E-state index >= 15 is 0 Å². The molecule has 0 aliphatic rings. The number of amides is 1. The first kappa shape index (κ1) is 14.1. The van der Waals surface area contributed by atoms with Gasteiger partial charge in [-0.05, 0) is 24.1 Å². The van der Waals surface area contributed by atoms with Crippen LogP contribution in [0, 0.1) is 17.6 Å². The lowest BCUT2D eigenvalue weighted by molar-refractivity contribution is -0.147. The van der Waals surface area contributed by atoms with Crippen LogP contribution in [0.1, 0.15) is 18.9 Å². The number of benzene rings is 1. The number of aliphatic carboxylic acids is 1. The van der Waals surface area contributed by atoms with Gasteiger partial charge in [0.05, 0.1) is 0 Å². The van der Waals surface area contributed by atoms with Crippen molar-refractivity contribution in [3.8, 4) is 0 Å². The molecule has 4 nitrogen and oxygen atoms in total. The molecule has 6 heteroatoms. The molecule has 0 aliphatic heterocycles. The number of carboxylic acid groups (broad SMARTS) is 1. The number of carbonyl (C=O) groups is 2. The second kappa shape index (κ2) is 6.09. The summed E-state index contributed by atoms with van der Waals surface area (Å²) in [6.07, 6.45) is 0.151. The average molecular weight is 257 g/mol. The Morgan fingerprint density at radius 1 is 1.28 bits per heavy atom. The van der Waals surface area contributed by atoms with Crippen LogP contribution in [0.15, 0.2) is 18.2 Å². The molecule has 1 aromatic rings. The van der Waals surface area contributed by atoms with Crippen molar-refractivity contribution in [3.63, 3.8) is 0 Å². The molecule has 1 atom stereocenters. The second-order valence-electron chi connectivity index (χ2n) is 3.79. The van der Waals surface area contributed by atoms with E-state index in [0.717, 1.165) is 18.2 Å². The Kier molecular flexibility index (Phi) is 4.76. The molecule has 1 aromatic carbocycles. The van der Waals surface area contributed by atoms with E-state index in [0.29, 0.717) is 0 Å². The molecule has 0 heterocycles. The van der Waals surface area contributed by atoms with Crippen molar-refractivity contribution < 1.29 is 23.5 Å². The topological polar surface area (TPSA) is 66.4 Å². The summed E-state index contributed by atoms with van der Waals surface area (Å²) < 4.78 is 25.7. The number of halogens is 2. The van der Waals surface area contributed by atoms with Gasteiger partial charge in [-0.1, -0.05) is 6.92 Å². The van der Waals surface area contributed by atoms with E-state index in [9.17, 15) is 18.4 Å². The third-order valence-corrected chi connectivity index (χ3v) is 2.41. The van der Waals surface area contributed by atoms with Gasteiger partial charge in [-0.25, -0.2) is 8.78 Å². The van der Waals surface area contributed by atoms with E-state index in [-0.39, 0.29) is 18.5 Å². The number of hydrogen-bond donors (Lipinski definition) is 2. The number of hydrogen-bond acceptors (Lipinski definition) is 2. The molecule has 0 aromatic heterocycles. The Bertz CT molecular complexity index is 442. The van der Waals surface area contributed by atoms with Gasteiger partial charge in [0.1, 0.15) is 17.6 Å². The van der Waals surface area contributed by atoms with Crippen LogP contribution < -0.4 is 5.32 Å². The molecule has 0 aliphatic carbocycles. The molecule has 0 saturated carbocycles. The average Bonchev–Trinajstić information content (AvgIpc) is 2.25. The highest BCUT2D eigenvalue weighted by Crippen LogP contribution is 2.08. The maximum atomic E-state index is 12.9. The Morgan fingerprint density at radius 3 is 2.28 bits per heavy atom. The molecule has 1 amide bonds. The number of nitrogens with one attached hydrogen (secondary N) is 1. The van der Waals surface area contributed by atoms with Gasteiger partial charge >= 0.3 is 5.97 Å². The highest BCUT2D eigenvalue weighted by Gasteiger charge is 2.23. The fourth-order valence-electron chi connectivity index (χ4n) is 1.50. The van der Waals surface area contributed by atoms with Gasteiger partial charge in [0.25, 0.3) is 0 Å². The molecule has 0 radical (unpaired) electrons. The van der Waals surface area contributed by atoms with Crippen molar-refractivity contribution in [2.24, 2.45) is 5.92 Å². The quantitative estimate of drug-likeness (QED) is 0.789. The lowest BCUT2D eigenvalue weighted by Crippen LogP contribution is -2.34. The van der Waals surface area contributed by atoms with Gasteiger partial charge in [-0.3, -0.25) is 9.59 Å². The smallest absolute Gasteiger partial charge is 0.316 e. The minimum Gasteiger partial charge on any atom is -0.481 e. The van der Waals surface area contributed by atoms with E-state index in [1.165, 1.54) is 0 Å². The fourth-order valence-corrected chi connectivity index (χ4v) is 1.50. The molecule has 0 saturated heterocycles. The zero-order valence-electron chi connectivity index (χ0n) is 9.74. The molecule has 1 unspecified atom stereocenters. The zero-order chi connectivity index (χ0) is 13.7. The Balaban J connectivity index is 2.64. The lowest BCUT2D eigenvalue weighted by Gasteiger charge is -2.10. The van der Waals surface area contributed by atoms with E-state index in [2.05, 4.69) is 5.32 Å². The molecular weight excluding hydrogens is 244 g/mol. The predicted octanol–water partition coefficient (Wildman–Crippen LogP) is 1.69. The van der Waals surface area contributed by atoms with Gasteiger partial charge < -0.3 is 10.4 Å². The van der Waals surface area contributed by atoms with Crippen molar-refractivity contribution in [3.05, 3.63) is 35.4 Å². The van der Waals surface area contributed by atoms with Gasteiger partial charge in [-0.2, -0.15) is 0 Å². The Hall–Kier alpha value is -1.98. The van der Waals surface area contributed by atoms with Crippen molar-refractivity contribution in [1.82, 2.24) is 5.32 Å². The second-order valence-corrected chi connectivity index (χ2v) is 3.79. The van der Waals surface area contributed by atoms with Gasteiger partial charge in [0, 0.05) is 12.6 Å². The predicted molar refractivity (Wildman–Crippen MR) is 59.6 cm³/mol. The van der Waals surface area contributed by atoms with Crippen LogP contribution in [0.3, 0.4) is 0 Å². The van der Waals surface area contributed by atoms with Crippen molar-refractivity contribution in [2.45, 2.75) is 19.9 Å². The highest BCUT2D eigenvalue weighted by atomic mass is 19.1. The minimum absolute atomic E-state index is 0.114. The molecule has 18 heavy (non-hydrogen) atoms. The Labute approximate surface area is 103 Å². The third kappa shape index (κ3) is 3.80. The largest absolute Gasteiger partial charge is 0.481 e. The van der Waals surface area contributed by atoms with Gasteiger partial charge in [0.15, 0.2) is 0 Å². The minimum atomic E-state index is -1.22. The van der Waals surface area contributed by atoms with Crippen LogP contribution in [0.4, 0.5) is 8.78 Å². The molecule has 2 N–H and O–H groups in total. The van der Waals surface area contributed by atoms with Crippen LogP contribution in [-0.4, -0.2) is 17.0 Å². The summed E-state index contributed by atoms with van der Waals surface area (Å²) in [5, 5.41) is 11.1. The molecule has 1 rings (SSSR count). The van der Waals surface area contributed by atoms with Crippen LogP contribution in [0.25, 0.3) is 0 Å². The maximum absolute atomic E-state index is 12.9. The maximum Gasteiger partial charge on any atom is 0.316 e. The summed E-state index contributed by atoms with van der Waals surface area (Å²) in [4.78, 5) is 22.2. The third-order valence-electron chi connectivity index (χ3n) is 2.41. The Morgan fingerprint density at radius 2 is 1.83 bits per heavy atom. The van der Waals surface area contributed by atoms with Gasteiger partial charge in [-0.15, -0.1) is 0 Å². The standard InChI is InChI=1S/C12H13F2NO3/c1-2-10(12(17)18)11(16)15-6-7-3-8(13)5-9(14)4-7/h3-5,10H,2,6H2,1H3,(H,15,16)(H,17,18). The van der Waals surface area contributed by atoms with Crippen LogP contribution in [0.5, 0.6) is 0 Å². The number of carboxylic acids is 1. The number of rotatable bonds is 5. The van der Waals surface area contributed by atoms with E-state index in [1.807, 2.05) is 0 Å². The molecule has 98 valence electrons. The van der Waals surface area contributed by atoms with E-state index in [4.69, 9.17) is 5.11 Å². The molecule has 0 fully saturated rings. The monoisotopic (exact) mass is 257 g/mol. The fraction of sp³-hybridized carbons (Fsp3) is 0.333. The first-order chi connectivity index (χ1) is 8.43. The summed E-state index contributed by atoms with van der Waals surface area (Å²) in [6, 6.07) is 2.87. The van der Waals surface area contributed by atoms with Crippen LogP contribution >= 0.6 is 0 Å². The van der Waals surface area contributed by atoms with Gasteiger partial charge in [0.2, 0.25) is 5.91 Å². The molecule has 0 bridgehead atoms. The summed E-state index contributed by atoms with van der Waals surface area (Å²) in [6.45, 7) is 1.46. The lowest BCUT2D eigenvalue weighted by atomic mass is 10.1. The first-order valence-electron chi connectivity index (χ1n) is 5.39. The van der Waals surface area contributed by atoms with Crippen molar-refractivity contribution >= 4 is 11.9 Å². The van der Waals surface area contributed by atoms with Crippen molar-refractivity contribution in [2.75, 3.05) is 0 Å². The molecular formula is C12H13F2NO3.